The molecule has 0 aromatic carbocycles. The van der Waals surface area contributed by atoms with Crippen LogP contribution in [0.5, 0.6) is 0 Å². The summed E-state index contributed by atoms with van der Waals surface area (Å²) in [6.07, 6.45) is 1.55. The molecule has 2 rings (SSSR count). The summed E-state index contributed by atoms with van der Waals surface area (Å²) in [5, 5.41) is 0.341. The van der Waals surface area contributed by atoms with Gasteiger partial charge in [-0.3, -0.25) is 4.98 Å². The predicted octanol–water partition coefficient (Wildman–Crippen LogP) is 2.19. The summed E-state index contributed by atoms with van der Waals surface area (Å²) < 4.78 is 20.5. The summed E-state index contributed by atoms with van der Waals surface area (Å²) in [4.78, 5) is 17.7. The van der Waals surface area contributed by atoms with E-state index >= 15 is 4.39 Å². The number of carbonyl (C=O) groups is 1. The standard InChI is InChI=1S/C15H21BClFN2O2/c1-14(2,3)22-13(21)20-6-4-15(18,5-7-20)12-11(17)8-10(16)9-19-12/h8-9H,4-7,16H2,1-3H3. The Morgan fingerprint density at radius 1 is 1.45 bits per heavy atom. The Bertz CT molecular complexity index is 569. The van der Waals surface area contributed by atoms with E-state index in [1.807, 2.05) is 28.6 Å². The van der Waals surface area contributed by atoms with Crippen molar-refractivity contribution in [2.24, 2.45) is 0 Å². The quantitative estimate of drug-likeness (QED) is 0.743. The fraction of sp³-hybridized carbons (Fsp3) is 0.600. The lowest BCUT2D eigenvalue weighted by atomic mass is 9.88. The van der Waals surface area contributed by atoms with Crippen LogP contribution in [0.4, 0.5) is 9.18 Å². The summed E-state index contributed by atoms with van der Waals surface area (Å²) in [5.41, 5.74) is -0.987. The first-order chi connectivity index (χ1) is 10.1. The normalized spacial score (nSPS) is 18.1. The maximum atomic E-state index is 15.1. The smallest absolute Gasteiger partial charge is 0.410 e. The van der Waals surface area contributed by atoms with E-state index in [-0.39, 0.29) is 31.6 Å². The lowest BCUT2D eigenvalue weighted by Crippen LogP contribution is -2.45. The number of likely N-dealkylation sites (tertiary alicyclic amines) is 1. The second kappa shape index (κ2) is 6.07. The second-order valence-electron chi connectivity index (χ2n) is 6.78. The van der Waals surface area contributed by atoms with Crippen LogP contribution in [0.2, 0.25) is 5.02 Å². The van der Waals surface area contributed by atoms with Crippen LogP contribution in [0.25, 0.3) is 0 Å². The number of halogens is 2. The number of carbonyl (C=O) groups excluding carboxylic acids is 1. The first kappa shape index (κ1) is 17.1. The van der Waals surface area contributed by atoms with Crippen LogP contribution in [0.1, 0.15) is 39.3 Å². The number of alkyl halides is 1. The molecular formula is C15H21BClFN2O2. The minimum Gasteiger partial charge on any atom is -0.444 e. The summed E-state index contributed by atoms with van der Waals surface area (Å²) in [6, 6.07) is 1.71. The van der Waals surface area contributed by atoms with Crippen molar-refractivity contribution < 1.29 is 13.9 Å². The summed E-state index contributed by atoms with van der Waals surface area (Å²) in [5.74, 6) is 0. The van der Waals surface area contributed by atoms with Crippen molar-refractivity contribution in [2.75, 3.05) is 13.1 Å². The molecule has 0 spiro atoms. The highest BCUT2D eigenvalue weighted by atomic mass is 35.5. The van der Waals surface area contributed by atoms with E-state index < -0.39 is 17.4 Å². The third kappa shape index (κ3) is 3.91. The minimum absolute atomic E-state index is 0.169. The first-order valence-corrected chi connectivity index (χ1v) is 7.78. The Hall–Kier alpha value is -1.30. The number of rotatable bonds is 1. The third-order valence-electron chi connectivity index (χ3n) is 3.61. The van der Waals surface area contributed by atoms with Gasteiger partial charge in [0.15, 0.2) is 5.67 Å². The van der Waals surface area contributed by atoms with Gasteiger partial charge in [0.1, 0.15) is 13.4 Å². The number of pyridine rings is 1. The topological polar surface area (TPSA) is 42.4 Å². The Morgan fingerprint density at radius 2 is 2.05 bits per heavy atom. The molecule has 22 heavy (non-hydrogen) atoms. The van der Waals surface area contributed by atoms with Crippen LogP contribution < -0.4 is 5.46 Å². The van der Waals surface area contributed by atoms with Crippen molar-refractivity contribution in [3.63, 3.8) is 0 Å². The molecule has 0 bridgehead atoms. The second-order valence-corrected chi connectivity index (χ2v) is 7.18. The zero-order valence-electron chi connectivity index (χ0n) is 13.4. The Labute approximate surface area is 136 Å². The SMILES string of the molecule is Bc1cnc(C2(F)CCN(C(=O)OC(C)(C)C)CC2)c(Cl)c1. The van der Waals surface area contributed by atoms with E-state index in [1.165, 1.54) is 4.90 Å². The molecule has 1 saturated heterocycles. The monoisotopic (exact) mass is 326 g/mol. The molecule has 0 saturated carbocycles. The average molecular weight is 327 g/mol. The van der Waals surface area contributed by atoms with Crippen molar-refractivity contribution in [1.29, 1.82) is 0 Å². The molecule has 1 aliphatic rings. The van der Waals surface area contributed by atoms with Crippen LogP contribution in [0.3, 0.4) is 0 Å². The molecule has 2 heterocycles. The van der Waals surface area contributed by atoms with Crippen LogP contribution in [-0.4, -0.2) is 42.5 Å². The summed E-state index contributed by atoms with van der Waals surface area (Å²) >= 11 is 6.13. The number of ether oxygens (including phenoxy) is 1. The van der Waals surface area contributed by atoms with Crippen molar-refractivity contribution in [3.05, 3.63) is 23.0 Å². The van der Waals surface area contributed by atoms with Crippen LogP contribution >= 0.6 is 11.6 Å². The first-order valence-electron chi connectivity index (χ1n) is 7.40. The van der Waals surface area contributed by atoms with Crippen LogP contribution in [0.15, 0.2) is 12.3 Å². The van der Waals surface area contributed by atoms with Gasteiger partial charge in [-0.25, -0.2) is 9.18 Å². The van der Waals surface area contributed by atoms with Gasteiger partial charge in [0.05, 0.1) is 10.7 Å². The molecule has 120 valence electrons. The van der Waals surface area contributed by atoms with E-state index in [4.69, 9.17) is 16.3 Å². The Kier molecular flexibility index (Phi) is 4.71. The van der Waals surface area contributed by atoms with Gasteiger partial charge in [0.2, 0.25) is 0 Å². The summed E-state index contributed by atoms with van der Waals surface area (Å²) in [7, 11) is 1.86. The molecule has 0 unspecified atom stereocenters. The van der Waals surface area contributed by atoms with Crippen LogP contribution in [-0.2, 0) is 10.4 Å². The number of nitrogens with zero attached hydrogens (tertiary/aromatic N) is 2. The number of aromatic nitrogens is 1. The highest BCUT2D eigenvalue weighted by Crippen LogP contribution is 2.39. The van der Waals surface area contributed by atoms with Crippen molar-refractivity contribution in [3.8, 4) is 0 Å². The third-order valence-corrected chi connectivity index (χ3v) is 3.90. The van der Waals surface area contributed by atoms with Gasteiger partial charge < -0.3 is 9.64 Å². The predicted molar refractivity (Wildman–Crippen MR) is 87.3 cm³/mol. The highest BCUT2D eigenvalue weighted by Gasteiger charge is 2.41. The van der Waals surface area contributed by atoms with E-state index in [0.29, 0.717) is 5.02 Å². The van der Waals surface area contributed by atoms with Gasteiger partial charge in [-0.2, -0.15) is 0 Å². The zero-order chi connectivity index (χ0) is 16.5. The van der Waals surface area contributed by atoms with Crippen molar-refractivity contribution in [2.45, 2.75) is 44.9 Å². The Morgan fingerprint density at radius 3 is 2.55 bits per heavy atom. The molecule has 0 N–H and O–H groups in total. The van der Waals surface area contributed by atoms with E-state index in [0.717, 1.165) is 5.46 Å². The molecule has 0 radical (unpaired) electrons. The molecule has 1 aromatic rings. The molecular weight excluding hydrogens is 305 g/mol. The van der Waals surface area contributed by atoms with Crippen LogP contribution in [0, 0.1) is 0 Å². The number of piperidine rings is 1. The highest BCUT2D eigenvalue weighted by molar-refractivity contribution is 6.36. The fourth-order valence-corrected chi connectivity index (χ4v) is 2.86. The van der Waals surface area contributed by atoms with E-state index in [9.17, 15) is 4.79 Å². The van der Waals surface area contributed by atoms with Gasteiger partial charge in [0, 0.05) is 32.1 Å². The minimum atomic E-state index is -1.59. The van der Waals surface area contributed by atoms with Gasteiger partial charge in [-0.1, -0.05) is 17.1 Å². The number of hydrogen-bond acceptors (Lipinski definition) is 3. The molecule has 1 fully saturated rings. The average Bonchev–Trinajstić information content (AvgIpc) is 2.36. The zero-order valence-corrected chi connectivity index (χ0v) is 14.2. The maximum absolute atomic E-state index is 15.1. The molecule has 1 amide bonds. The van der Waals surface area contributed by atoms with E-state index in [2.05, 4.69) is 4.98 Å². The van der Waals surface area contributed by atoms with Gasteiger partial charge in [-0.15, -0.1) is 0 Å². The lowest BCUT2D eigenvalue weighted by molar-refractivity contribution is 0.00130. The largest absolute Gasteiger partial charge is 0.444 e. The van der Waals surface area contributed by atoms with Crippen molar-refractivity contribution >= 4 is 31.0 Å². The van der Waals surface area contributed by atoms with Gasteiger partial charge in [0.25, 0.3) is 0 Å². The molecule has 1 aromatic heterocycles. The molecule has 4 nitrogen and oxygen atoms in total. The molecule has 0 atom stereocenters. The van der Waals surface area contributed by atoms with Crippen molar-refractivity contribution in [1.82, 2.24) is 9.88 Å². The Balaban J connectivity index is 2.06. The van der Waals surface area contributed by atoms with Gasteiger partial charge >= 0.3 is 6.09 Å². The molecule has 1 aliphatic heterocycles. The maximum Gasteiger partial charge on any atom is 0.410 e. The van der Waals surface area contributed by atoms with Gasteiger partial charge in [-0.05, 0) is 26.8 Å². The fourth-order valence-electron chi connectivity index (χ4n) is 2.47. The molecule has 0 aliphatic carbocycles. The molecule has 7 heteroatoms. The summed E-state index contributed by atoms with van der Waals surface area (Å²) in [6.45, 7) is 6.01. The lowest BCUT2D eigenvalue weighted by Gasteiger charge is -2.37. The number of hydrogen-bond donors (Lipinski definition) is 0. The van der Waals surface area contributed by atoms with E-state index in [1.54, 1.807) is 12.3 Å². The number of amides is 1.